The Morgan fingerprint density at radius 3 is 2.62 bits per heavy atom. The maximum atomic E-state index is 12.9. The number of nitrogens with zero attached hydrogens (tertiary/aromatic N) is 3. The van der Waals surface area contributed by atoms with Crippen LogP contribution in [-0.2, 0) is 9.53 Å². The number of ether oxygens (including phenoxy) is 1. The van der Waals surface area contributed by atoms with Crippen molar-refractivity contribution >= 4 is 57.2 Å². The van der Waals surface area contributed by atoms with Crippen LogP contribution in [0.5, 0.6) is 0 Å². The Bertz CT molecular complexity index is 931. The Kier molecular flexibility index (Phi) is 6.23. The van der Waals surface area contributed by atoms with Gasteiger partial charge >= 0.3 is 0 Å². The Morgan fingerprint density at radius 1 is 1.21 bits per heavy atom. The van der Waals surface area contributed by atoms with Gasteiger partial charge in [0.15, 0.2) is 0 Å². The van der Waals surface area contributed by atoms with E-state index >= 15 is 0 Å². The molecule has 2 heterocycles. The summed E-state index contributed by atoms with van der Waals surface area (Å²) in [6.07, 6.45) is 0.484. The monoisotopic (exact) mass is 525 g/mol. The first kappa shape index (κ1) is 20.4. The highest BCUT2D eigenvalue weighted by atomic mass is 127. The summed E-state index contributed by atoms with van der Waals surface area (Å²) in [6.45, 7) is 2.52. The quantitative estimate of drug-likeness (QED) is 0.473. The molecule has 7 nitrogen and oxygen atoms in total. The molecule has 0 spiro atoms. The number of morpholine rings is 1. The molecule has 1 saturated heterocycles. The van der Waals surface area contributed by atoms with Gasteiger partial charge in [0.25, 0.3) is 5.91 Å². The summed E-state index contributed by atoms with van der Waals surface area (Å²) in [4.78, 5) is 12.9. The summed E-state index contributed by atoms with van der Waals surface area (Å²) < 4.78 is 6.48. The van der Waals surface area contributed by atoms with Crippen LogP contribution in [-0.4, -0.2) is 42.9 Å². The highest BCUT2D eigenvalue weighted by Crippen LogP contribution is 2.39. The predicted molar refractivity (Wildman–Crippen MR) is 123 cm³/mol. The number of hydrogen-bond donors (Lipinski definition) is 2. The first-order valence-corrected chi connectivity index (χ1v) is 10.8. The minimum Gasteiger partial charge on any atom is -0.399 e. The lowest BCUT2D eigenvalue weighted by atomic mass is 10.0. The highest BCUT2D eigenvalue weighted by molar-refractivity contribution is 14.1. The molecule has 0 aromatic heterocycles. The van der Waals surface area contributed by atoms with Crippen molar-refractivity contribution in [2.75, 3.05) is 37.0 Å². The third kappa shape index (κ3) is 4.66. The van der Waals surface area contributed by atoms with Crippen LogP contribution in [0.4, 0.5) is 11.4 Å². The molecule has 9 heteroatoms. The van der Waals surface area contributed by atoms with Crippen LogP contribution in [0.1, 0.15) is 18.0 Å². The molecule has 0 aliphatic carbocycles. The number of anilines is 2. The Labute approximate surface area is 187 Å². The van der Waals surface area contributed by atoms with E-state index in [0.29, 0.717) is 49.1 Å². The fourth-order valence-electron chi connectivity index (χ4n) is 3.41. The fourth-order valence-corrected chi connectivity index (χ4v) is 4.04. The summed E-state index contributed by atoms with van der Waals surface area (Å²) in [5.74, 6) is -0.198. The van der Waals surface area contributed by atoms with Gasteiger partial charge < -0.3 is 10.5 Å². The predicted octanol–water partition coefficient (Wildman–Crippen LogP) is 3.20. The molecule has 1 fully saturated rings. The second kappa shape index (κ2) is 8.86. The van der Waals surface area contributed by atoms with Gasteiger partial charge in [0, 0.05) is 28.8 Å². The maximum Gasteiger partial charge on any atom is 0.281 e. The van der Waals surface area contributed by atoms with Crippen LogP contribution in [0.3, 0.4) is 0 Å². The molecule has 3 N–H and O–H groups in total. The molecule has 1 atom stereocenters. The minimum absolute atomic E-state index is 0.126. The van der Waals surface area contributed by atoms with Crippen LogP contribution < -0.4 is 16.2 Å². The van der Waals surface area contributed by atoms with Crippen LogP contribution in [0.15, 0.2) is 47.6 Å². The number of carbonyl (C=O) groups is 1. The molecule has 152 valence electrons. The summed E-state index contributed by atoms with van der Waals surface area (Å²) in [5, 5.41) is 8.83. The molecular weight excluding hydrogens is 505 g/mol. The SMILES string of the molecule is Nc1ccc(N2N=C(C(=O)NN3CCOCC3)CC2c2ccc(I)cc2)c(Cl)c1. The van der Waals surface area contributed by atoms with E-state index in [2.05, 4.69) is 45.3 Å². The van der Waals surface area contributed by atoms with Crippen molar-refractivity contribution in [1.82, 2.24) is 10.4 Å². The van der Waals surface area contributed by atoms with Gasteiger partial charge in [0.05, 0.1) is 30.0 Å². The standard InChI is InChI=1S/C20H21ClIN5O2/c21-16-11-15(23)5-6-18(16)27-19(13-1-3-14(22)4-2-13)12-17(24-27)20(28)25-26-7-9-29-10-8-26/h1-6,11,19H,7-10,12,23H2,(H,25,28). The molecule has 0 saturated carbocycles. The van der Waals surface area contributed by atoms with Crippen molar-refractivity contribution in [1.29, 1.82) is 0 Å². The molecule has 2 aliphatic heterocycles. The Hall–Kier alpha value is -1.88. The van der Waals surface area contributed by atoms with Gasteiger partial charge in [-0.3, -0.25) is 15.2 Å². The zero-order valence-corrected chi connectivity index (χ0v) is 18.6. The number of hydrazone groups is 1. The van der Waals surface area contributed by atoms with E-state index in [1.807, 2.05) is 28.2 Å². The highest BCUT2D eigenvalue weighted by Gasteiger charge is 2.34. The lowest BCUT2D eigenvalue weighted by Gasteiger charge is -2.26. The lowest BCUT2D eigenvalue weighted by molar-refractivity contribution is -0.121. The smallest absolute Gasteiger partial charge is 0.281 e. The molecule has 1 amide bonds. The van der Waals surface area contributed by atoms with Gasteiger partial charge in [-0.15, -0.1) is 0 Å². The summed E-state index contributed by atoms with van der Waals surface area (Å²) in [5.41, 5.74) is 11.6. The van der Waals surface area contributed by atoms with Crippen molar-refractivity contribution in [2.24, 2.45) is 5.10 Å². The van der Waals surface area contributed by atoms with E-state index in [-0.39, 0.29) is 11.9 Å². The number of nitrogens with two attached hydrogens (primary N) is 1. The maximum absolute atomic E-state index is 12.9. The van der Waals surface area contributed by atoms with Crippen LogP contribution in [0.25, 0.3) is 0 Å². The third-order valence-corrected chi connectivity index (χ3v) is 5.94. The average Bonchev–Trinajstić information content (AvgIpc) is 3.14. The normalized spacial score (nSPS) is 19.9. The second-order valence-electron chi connectivity index (χ2n) is 6.91. The molecule has 0 bridgehead atoms. The number of carbonyl (C=O) groups excluding carboxylic acids is 1. The van der Waals surface area contributed by atoms with Crippen LogP contribution in [0.2, 0.25) is 5.02 Å². The van der Waals surface area contributed by atoms with Crippen molar-refractivity contribution in [3.05, 3.63) is 56.6 Å². The molecular formula is C20H21ClIN5O2. The molecule has 0 radical (unpaired) electrons. The van der Waals surface area contributed by atoms with Crippen molar-refractivity contribution in [3.8, 4) is 0 Å². The number of hydrogen-bond acceptors (Lipinski definition) is 6. The van der Waals surface area contributed by atoms with E-state index < -0.39 is 0 Å². The molecule has 2 aliphatic rings. The van der Waals surface area contributed by atoms with Crippen LogP contribution in [0, 0.1) is 3.57 Å². The Morgan fingerprint density at radius 2 is 1.93 bits per heavy atom. The van der Waals surface area contributed by atoms with Crippen molar-refractivity contribution in [3.63, 3.8) is 0 Å². The molecule has 2 aromatic carbocycles. The number of hydrazine groups is 1. The third-order valence-electron chi connectivity index (χ3n) is 4.92. The van der Waals surface area contributed by atoms with E-state index in [9.17, 15) is 4.79 Å². The summed E-state index contributed by atoms with van der Waals surface area (Å²) in [7, 11) is 0. The second-order valence-corrected chi connectivity index (χ2v) is 8.57. The summed E-state index contributed by atoms with van der Waals surface area (Å²) >= 11 is 8.73. The van der Waals surface area contributed by atoms with Crippen LogP contribution >= 0.6 is 34.2 Å². The fraction of sp³-hybridized carbons (Fsp3) is 0.300. The lowest BCUT2D eigenvalue weighted by Crippen LogP contribution is -2.50. The molecule has 1 unspecified atom stereocenters. The number of nitrogens with one attached hydrogen (secondary N) is 1. The van der Waals surface area contributed by atoms with Gasteiger partial charge in [-0.1, -0.05) is 23.7 Å². The first-order valence-electron chi connectivity index (χ1n) is 9.32. The van der Waals surface area contributed by atoms with Gasteiger partial charge in [-0.25, -0.2) is 5.01 Å². The van der Waals surface area contributed by atoms with E-state index in [1.165, 1.54) is 0 Å². The van der Waals surface area contributed by atoms with Gasteiger partial charge in [-0.05, 0) is 58.5 Å². The minimum atomic E-state index is -0.198. The van der Waals surface area contributed by atoms with E-state index in [1.54, 1.807) is 12.1 Å². The van der Waals surface area contributed by atoms with Gasteiger partial charge in [0.1, 0.15) is 5.71 Å². The number of nitrogen functional groups attached to an aromatic ring is 1. The number of benzene rings is 2. The number of rotatable bonds is 4. The zero-order valence-electron chi connectivity index (χ0n) is 15.6. The molecule has 2 aromatic rings. The van der Waals surface area contributed by atoms with Gasteiger partial charge in [-0.2, -0.15) is 5.10 Å². The molecule has 29 heavy (non-hydrogen) atoms. The molecule has 4 rings (SSSR count). The van der Waals surface area contributed by atoms with Crippen molar-refractivity contribution in [2.45, 2.75) is 12.5 Å². The van der Waals surface area contributed by atoms with Crippen molar-refractivity contribution < 1.29 is 9.53 Å². The Balaban J connectivity index is 1.62. The van der Waals surface area contributed by atoms with Gasteiger partial charge in [0.2, 0.25) is 0 Å². The summed E-state index contributed by atoms with van der Waals surface area (Å²) in [6, 6.07) is 13.4. The van der Waals surface area contributed by atoms with E-state index in [0.717, 1.165) is 14.8 Å². The average molecular weight is 526 g/mol. The zero-order chi connectivity index (χ0) is 20.4. The number of amides is 1. The largest absolute Gasteiger partial charge is 0.399 e. The van der Waals surface area contributed by atoms with E-state index in [4.69, 9.17) is 22.1 Å². The number of halogens is 2. The first-order chi connectivity index (χ1) is 14.0. The topological polar surface area (TPSA) is 83.2 Å².